The summed E-state index contributed by atoms with van der Waals surface area (Å²) in [6, 6.07) is 0. The van der Waals surface area contributed by atoms with Crippen molar-refractivity contribution >= 4 is 69.3 Å². The van der Waals surface area contributed by atoms with Crippen molar-refractivity contribution in [2.75, 3.05) is 0 Å². The molecule has 3 aromatic heterocycles. The van der Waals surface area contributed by atoms with E-state index in [2.05, 4.69) is 72.6 Å². The summed E-state index contributed by atoms with van der Waals surface area (Å²) < 4.78 is 3.45. The highest BCUT2D eigenvalue weighted by molar-refractivity contribution is 8.00. The Hall–Kier alpha value is -0.840. The second-order valence-electron chi connectivity index (χ2n) is 7.94. The molecule has 0 aliphatic heterocycles. The lowest BCUT2D eigenvalue weighted by Gasteiger charge is -2.22. The van der Waals surface area contributed by atoms with Crippen LogP contribution in [0, 0.1) is 41.5 Å². The van der Waals surface area contributed by atoms with Crippen LogP contribution in [0.25, 0.3) is 0 Å². The van der Waals surface area contributed by atoms with Crippen LogP contribution in [0.4, 0.5) is 0 Å². The molecule has 0 saturated heterocycles. The molecule has 0 saturated carbocycles. The van der Waals surface area contributed by atoms with Gasteiger partial charge in [0.25, 0.3) is 0 Å². The molecule has 0 N–H and O–H groups in total. The molecule has 0 amide bonds. The zero-order valence-corrected chi connectivity index (χ0v) is 24.5. The largest absolute Gasteiger partial charge is 0.235 e. The average Bonchev–Trinajstić information content (AvgIpc) is 3.49. The smallest absolute Gasteiger partial charge is 0.150 e. The third-order valence-electron chi connectivity index (χ3n) is 5.53. The fraction of sp³-hybridized carbons (Fsp3) is 0.375. The summed E-state index contributed by atoms with van der Waals surface area (Å²) in [6.07, 6.45) is 0. The molecule has 33 heavy (non-hydrogen) atoms. The number of thioether (sulfide) groups is 3. The maximum Gasteiger partial charge on any atom is 0.150 e. The number of nitrogens with zero attached hydrogens (tertiary/aromatic N) is 3. The Morgan fingerprint density at radius 3 is 1.00 bits per heavy atom. The van der Waals surface area contributed by atoms with Crippen molar-refractivity contribution in [2.45, 2.75) is 71.8 Å². The molecule has 3 heterocycles. The number of hydrogen-bond acceptors (Lipinski definition) is 9. The number of aromatic nitrogens is 3. The highest BCUT2D eigenvalue weighted by atomic mass is 32.2. The van der Waals surface area contributed by atoms with Crippen LogP contribution in [-0.2, 0) is 17.3 Å². The number of rotatable bonds is 9. The fourth-order valence-corrected chi connectivity index (χ4v) is 9.71. The van der Waals surface area contributed by atoms with E-state index in [9.17, 15) is 0 Å². The van der Waals surface area contributed by atoms with E-state index in [0.717, 1.165) is 47.4 Å². The summed E-state index contributed by atoms with van der Waals surface area (Å²) in [7, 11) is 0. The van der Waals surface area contributed by atoms with E-state index in [1.54, 1.807) is 34.0 Å². The van der Waals surface area contributed by atoms with Gasteiger partial charge in [-0.25, -0.2) is 15.0 Å². The summed E-state index contributed by atoms with van der Waals surface area (Å²) in [5, 5.41) is 6.40. The first-order chi connectivity index (χ1) is 15.8. The molecular weight excluding hydrogens is 523 g/mol. The van der Waals surface area contributed by atoms with E-state index in [1.807, 2.05) is 35.3 Å². The molecule has 0 unspecified atom stereocenters. The van der Waals surface area contributed by atoms with Crippen molar-refractivity contribution in [2.24, 2.45) is 0 Å². The quantitative estimate of drug-likeness (QED) is 0.194. The molecule has 9 heteroatoms. The first-order valence-corrected chi connectivity index (χ1v) is 16.2. The van der Waals surface area contributed by atoms with Crippen LogP contribution in [-0.4, -0.2) is 15.0 Å². The molecule has 4 aromatic rings. The maximum atomic E-state index is 4.66. The van der Waals surface area contributed by atoms with E-state index in [-0.39, 0.29) is 0 Å². The lowest BCUT2D eigenvalue weighted by molar-refractivity contribution is 1.09. The van der Waals surface area contributed by atoms with Crippen LogP contribution >= 0.6 is 69.3 Å². The Morgan fingerprint density at radius 1 is 0.515 bits per heavy atom. The maximum absolute atomic E-state index is 4.66. The second kappa shape index (κ2) is 11.3. The van der Waals surface area contributed by atoms with Crippen molar-refractivity contribution in [3.63, 3.8) is 0 Å². The van der Waals surface area contributed by atoms with Crippen LogP contribution in [0.3, 0.4) is 0 Å². The summed E-state index contributed by atoms with van der Waals surface area (Å²) >= 11 is 10.8. The second-order valence-corrected chi connectivity index (χ2v) is 14.2. The molecular formula is C24H27N3S6. The summed E-state index contributed by atoms with van der Waals surface area (Å²) in [6.45, 7) is 13.1. The van der Waals surface area contributed by atoms with Gasteiger partial charge < -0.3 is 0 Å². The van der Waals surface area contributed by atoms with Crippen LogP contribution in [0.5, 0.6) is 0 Å². The van der Waals surface area contributed by atoms with Gasteiger partial charge in [-0.2, -0.15) is 0 Å². The third kappa shape index (κ3) is 6.24. The third-order valence-corrected chi connectivity index (χ3v) is 12.0. The van der Waals surface area contributed by atoms with E-state index in [0.29, 0.717) is 0 Å². The minimum absolute atomic E-state index is 0.951. The van der Waals surface area contributed by atoms with E-state index in [4.69, 9.17) is 0 Å². The summed E-state index contributed by atoms with van der Waals surface area (Å²) in [5.41, 5.74) is 11.9. The van der Waals surface area contributed by atoms with Gasteiger partial charge in [-0.3, -0.25) is 0 Å². The summed E-state index contributed by atoms with van der Waals surface area (Å²) in [5.74, 6) is 2.85. The highest BCUT2D eigenvalue weighted by Crippen LogP contribution is 2.38. The van der Waals surface area contributed by atoms with Crippen molar-refractivity contribution in [1.29, 1.82) is 0 Å². The first kappa shape index (κ1) is 25.3. The van der Waals surface area contributed by atoms with Gasteiger partial charge in [-0.05, 0) is 74.9 Å². The van der Waals surface area contributed by atoms with E-state index >= 15 is 0 Å². The van der Waals surface area contributed by atoms with Crippen LogP contribution in [0.15, 0.2) is 29.2 Å². The molecule has 4 rings (SSSR count). The summed E-state index contributed by atoms with van der Waals surface area (Å²) in [4.78, 5) is 14.0. The molecule has 1 aromatic carbocycles. The lowest BCUT2D eigenvalue weighted by atomic mass is 9.90. The van der Waals surface area contributed by atoms with Gasteiger partial charge in [0.2, 0.25) is 0 Å². The topological polar surface area (TPSA) is 38.7 Å². The zero-order chi connectivity index (χ0) is 23.5. The molecule has 0 radical (unpaired) electrons. The molecule has 0 fully saturated rings. The Bertz CT molecular complexity index is 1080. The molecule has 3 nitrogen and oxygen atoms in total. The molecule has 0 aliphatic carbocycles. The Labute approximate surface area is 221 Å². The highest BCUT2D eigenvalue weighted by Gasteiger charge is 2.19. The monoisotopic (exact) mass is 549 g/mol. The van der Waals surface area contributed by atoms with Crippen molar-refractivity contribution in [1.82, 2.24) is 15.0 Å². The van der Waals surface area contributed by atoms with Gasteiger partial charge in [0.1, 0.15) is 13.0 Å². The van der Waals surface area contributed by atoms with Crippen LogP contribution in [0.1, 0.15) is 50.5 Å². The van der Waals surface area contributed by atoms with Gasteiger partial charge >= 0.3 is 0 Å². The van der Waals surface area contributed by atoms with Crippen molar-refractivity contribution in [3.05, 3.63) is 66.6 Å². The number of aryl methyl sites for hydroxylation is 3. The van der Waals surface area contributed by atoms with Crippen molar-refractivity contribution < 1.29 is 0 Å². The number of hydrogen-bond donors (Lipinski definition) is 0. The SMILES string of the molecule is Cc1csc(SCc2c(C)c(CSc3nc(C)cs3)c(C)c(CSc3nc(C)cs3)c2C)n1. The fourth-order valence-electron chi connectivity index (χ4n) is 3.64. The average molecular weight is 550 g/mol. The van der Waals surface area contributed by atoms with Gasteiger partial charge in [-0.15, -0.1) is 34.0 Å². The number of benzene rings is 1. The molecule has 0 bridgehead atoms. The van der Waals surface area contributed by atoms with Gasteiger partial charge in [0, 0.05) is 50.5 Å². The Morgan fingerprint density at radius 2 is 0.788 bits per heavy atom. The van der Waals surface area contributed by atoms with E-state index < -0.39 is 0 Å². The normalized spacial score (nSPS) is 11.5. The zero-order valence-electron chi connectivity index (χ0n) is 19.6. The molecule has 0 spiro atoms. The predicted molar refractivity (Wildman–Crippen MR) is 150 cm³/mol. The Kier molecular flexibility index (Phi) is 8.62. The molecule has 0 atom stereocenters. The Balaban J connectivity index is 1.64. The molecule has 174 valence electrons. The standard InChI is InChI=1S/C24H27N3S6/c1-13-7-28-22(25-13)31-10-19-16(4)20(11-32-23-26-14(2)8-29-23)18(6)21(17(19)5)12-33-24-27-15(3)9-30-24/h7-9H,10-12H2,1-6H3. The van der Waals surface area contributed by atoms with Crippen LogP contribution < -0.4 is 0 Å². The van der Waals surface area contributed by atoms with Crippen molar-refractivity contribution in [3.8, 4) is 0 Å². The van der Waals surface area contributed by atoms with E-state index in [1.165, 1.54) is 33.4 Å². The van der Waals surface area contributed by atoms with Gasteiger partial charge in [0.15, 0.2) is 0 Å². The van der Waals surface area contributed by atoms with Gasteiger partial charge in [-0.1, -0.05) is 35.3 Å². The minimum atomic E-state index is 0.951. The lowest BCUT2D eigenvalue weighted by Crippen LogP contribution is -2.06. The molecule has 0 aliphatic rings. The predicted octanol–water partition coefficient (Wildman–Crippen LogP) is 8.78. The minimum Gasteiger partial charge on any atom is -0.235 e. The first-order valence-electron chi connectivity index (χ1n) is 10.6. The van der Waals surface area contributed by atoms with Crippen LogP contribution in [0.2, 0.25) is 0 Å². The number of thiazole rings is 3. The van der Waals surface area contributed by atoms with Gasteiger partial charge in [0.05, 0.1) is 0 Å².